The number of ether oxygens (including phenoxy) is 2. The second kappa shape index (κ2) is 9.29. The van der Waals surface area contributed by atoms with Gasteiger partial charge in [0.25, 0.3) is 0 Å². The van der Waals surface area contributed by atoms with Gasteiger partial charge >= 0.3 is 0 Å². The number of rotatable bonds is 8. The summed E-state index contributed by atoms with van der Waals surface area (Å²) in [5.74, 6) is 1.74. The van der Waals surface area contributed by atoms with Crippen molar-refractivity contribution in [3.05, 3.63) is 36.8 Å². The summed E-state index contributed by atoms with van der Waals surface area (Å²) in [4.78, 5) is 22.5. The number of likely N-dealkylation sites (tertiary alicyclic amines) is 1. The predicted molar refractivity (Wildman–Crippen MR) is 142 cm³/mol. The largest absolute Gasteiger partial charge is 0.491 e. The molecule has 1 saturated carbocycles. The summed E-state index contributed by atoms with van der Waals surface area (Å²) in [5, 5.41) is 0.885. The summed E-state index contributed by atoms with van der Waals surface area (Å²) < 4.78 is 14.5. The number of primary amides is 1. The lowest BCUT2D eigenvalue weighted by molar-refractivity contribution is -0.127. The Balaban J connectivity index is 1.17. The molecule has 4 N–H and O–H groups in total. The normalized spacial score (nSPS) is 25.6. The van der Waals surface area contributed by atoms with Crippen molar-refractivity contribution in [2.24, 2.45) is 17.6 Å². The lowest BCUT2D eigenvalue weighted by Gasteiger charge is -2.44. The minimum atomic E-state index is -0.184. The fraction of sp³-hybridized carbons (Fsp3) is 0.536. The molecule has 2 aromatic heterocycles. The van der Waals surface area contributed by atoms with Crippen LogP contribution in [0.1, 0.15) is 45.6 Å². The van der Waals surface area contributed by atoms with E-state index in [2.05, 4.69) is 51.6 Å². The molecule has 6 rings (SSSR count). The maximum Gasteiger partial charge on any atom is 0.223 e. The van der Waals surface area contributed by atoms with Crippen LogP contribution in [0.4, 0.5) is 5.82 Å². The fourth-order valence-electron chi connectivity index (χ4n) is 6.08. The Morgan fingerprint density at radius 3 is 2.78 bits per heavy atom. The van der Waals surface area contributed by atoms with Crippen molar-refractivity contribution in [3.8, 4) is 16.9 Å². The van der Waals surface area contributed by atoms with Crippen molar-refractivity contribution in [2.75, 3.05) is 32.0 Å². The van der Waals surface area contributed by atoms with Gasteiger partial charge in [-0.05, 0) is 63.1 Å². The van der Waals surface area contributed by atoms with Crippen LogP contribution in [0.5, 0.6) is 5.75 Å². The first-order chi connectivity index (χ1) is 17.8. The number of nitrogens with two attached hydrogens (primary N) is 2. The summed E-state index contributed by atoms with van der Waals surface area (Å²) in [7, 11) is 0. The highest BCUT2D eigenvalue weighted by Crippen LogP contribution is 2.44. The summed E-state index contributed by atoms with van der Waals surface area (Å²) >= 11 is 0. The summed E-state index contributed by atoms with van der Waals surface area (Å²) in [5.41, 5.74) is 14.6. The maximum atomic E-state index is 11.3. The first-order valence-electron chi connectivity index (χ1n) is 13.3. The Morgan fingerprint density at radius 2 is 2.05 bits per heavy atom. The van der Waals surface area contributed by atoms with Gasteiger partial charge in [0.15, 0.2) is 0 Å². The molecule has 1 aliphatic carbocycles. The van der Waals surface area contributed by atoms with Gasteiger partial charge in [0.05, 0.1) is 23.0 Å². The number of amides is 1. The second-order valence-electron chi connectivity index (χ2n) is 11.6. The van der Waals surface area contributed by atoms with Crippen molar-refractivity contribution in [1.82, 2.24) is 19.4 Å². The highest BCUT2D eigenvalue weighted by Gasteiger charge is 2.38. The zero-order valence-corrected chi connectivity index (χ0v) is 21.6. The minimum absolute atomic E-state index is 0.0174. The lowest BCUT2D eigenvalue weighted by Crippen LogP contribution is -2.54. The van der Waals surface area contributed by atoms with E-state index in [0.29, 0.717) is 24.4 Å². The number of fused-ring (bicyclic) bond motifs is 1. The van der Waals surface area contributed by atoms with Crippen LogP contribution in [-0.4, -0.2) is 63.3 Å². The van der Waals surface area contributed by atoms with Crippen molar-refractivity contribution in [2.45, 2.75) is 57.3 Å². The van der Waals surface area contributed by atoms with E-state index < -0.39 is 0 Å². The molecular weight excluding hydrogens is 468 g/mol. The molecule has 9 nitrogen and oxygen atoms in total. The minimum Gasteiger partial charge on any atom is -0.491 e. The molecule has 2 aliphatic heterocycles. The van der Waals surface area contributed by atoms with Crippen LogP contribution in [0.15, 0.2) is 36.8 Å². The zero-order valence-electron chi connectivity index (χ0n) is 21.6. The molecule has 9 heteroatoms. The summed E-state index contributed by atoms with van der Waals surface area (Å²) in [6.45, 7) is 7.40. The number of aromatic nitrogens is 3. The second-order valence-corrected chi connectivity index (χ2v) is 11.6. The van der Waals surface area contributed by atoms with Gasteiger partial charge in [-0.2, -0.15) is 0 Å². The molecule has 0 bridgehead atoms. The van der Waals surface area contributed by atoms with Crippen LogP contribution < -0.4 is 16.2 Å². The van der Waals surface area contributed by atoms with Crippen molar-refractivity contribution >= 4 is 22.8 Å². The van der Waals surface area contributed by atoms with Crippen molar-refractivity contribution in [3.63, 3.8) is 0 Å². The Hall–Kier alpha value is -3.17. The van der Waals surface area contributed by atoms with Crippen LogP contribution in [0.3, 0.4) is 0 Å². The van der Waals surface area contributed by atoms with E-state index >= 15 is 0 Å². The Bertz CT molecular complexity index is 1310. The highest BCUT2D eigenvalue weighted by atomic mass is 16.6. The first kappa shape index (κ1) is 24.2. The van der Waals surface area contributed by atoms with E-state index in [1.807, 2.05) is 12.1 Å². The lowest BCUT2D eigenvalue weighted by atomic mass is 9.79. The number of hydrogen-bond donors (Lipinski definition) is 2. The average molecular weight is 505 g/mol. The molecule has 1 unspecified atom stereocenters. The highest BCUT2D eigenvalue weighted by molar-refractivity contribution is 6.00. The molecule has 0 radical (unpaired) electrons. The van der Waals surface area contributed by atoms with E-state index in [-0.39, 0.29) is 23.5 Å². The smallest absolute Gasteiger partial charge is 0.223 e. The van der Waals surface area contributed by atoms with Gasteiger partial charge in [0.2, 0.25) is 5.91 Å². The molecule has 0 spiro atoms. The third-order valence-corrected chi connectivity index (χ3v) is 8.25. The van der Waals surface area contributed by atoms with Crippen molar-refractivity contribution in [1.29, 1.82) is 0 Å². The average Bonchev–Trinajstić information content (AvgIpc) is 3.36. The number of anilines is 1. The number of nitrogens with zero attached hydrogens (tertiary/aromatic N) is 4. The molecule has 3 aliphatic rings. The number of carbonyl (C=O) groups excluding carboxylic acids is 1. The maximum absolute atomic E-state index is 11.3. The summed E-state index contributed by atoms with van der Waals surface area (Å²) in [6, 6.07) is 8.51. The number of benzene rings is 1. The third kappa shape index (κ3) is 4.78. The summed E-state index contributed by atoms with van der Waals surface area (Å²) in [6.07, 6.45) is 8.05. The fourth-order valence-corrected chi connectivity index (χ4v) is 6.08. The van der Waals surface area contributed by atoms with E-state index in [9.17, 15) is 4.79 Å². The van der Waals surface area contributed by atoms with Gasteiger partial charge < -0.3 is 30.4 Å². The molecule has 3 fully saturated rings. The molecular formula is C28H36N6O3. The number of hydrogen-bond acceptors (Lipinski definition) is 7. The number of nitrogen functional groups attached to an aromatic ring is 1. The van der Waals surface area contributed by atoms with E-state index in [0.717, 1.165) is 73.2 Å². The van der Waals surface area contributed by atoms with Crippen LogP contribution in [0, 0.1) is 11.8 Å². The van der Waals surface area contributed by atoms with Gasteiger partial charge in [-0.1, -0.05) is 12.1 Å². The van der Waals surface area contributed by atoms with E-state index in [1.54, 1.807) is 6.33 Å². The SMILES string of the molecule is CC1(C)CCC(COc2cccc(-c3cn([C@H]4C[C@@H](CN5CC(C(N)=O)C5)C4)c4ncnc(N)c34)c2)O1. The Kier molecular flexibility index (Phi) is 6.07. The Morgan fingerprint density at radius 1 is 1.24 bits per heavy atom. The van der Waals surface area contributed by atoms with Gasteiger partial charge in [-0.15, -0.1) is 0 Å². The van der Waals surface area contributed by atoms with Gasteiger partial charge in [0, 0.05) is 37.4 Å². The molecule has 1 atom stereocenters. The van der Waals surface area contributed by atoms with Crippen molar-refractivity contribution < 1.29 is 14.3 Å². The molecule has 2 saturated heterocycles. The zero-order chi connectivity index (χ0) is 25.7. The number of carbonyl (C=O) groups is 1. The molecule has 3 aromatic rings. The topological polar surface area (TPSA) is 122 Å². The van der Waals surface area contributed by atoms with E-state index in [1.165, 1.54) is 0 Å². The van der Waals surface area contributed by atoms with Crippen LogP contribution >= 0.6 is 0 Å². The standard InChI is InChI=1S/C28H36N6O3/c1-28(2)7-6-22(37-28)15-36-21-5-3-4-18(10-21)23-14-34(27-24(23)25(29)31-16-32-27)20-8-17(9-20)11-33-12-19(13-33)26(30)35/h3-5,10,14,16-17,19-20,22H,6-9,11-13,15H2,1-2H3,(H2,30,35)(H2,29,31,32)/t17-,20+,22?. The molecule has 4 heterocycles. The van der Waals surface area contributed by atoms with Crippen LogP contribution in [-0.2, 0) is 9.53 Å². The molecule has 1 amide bonds. The van der Waals surface area contributed by atoms with Crippen LogP contribution in [0.2, 0.25) is 0 Å². The molecule has 1 aromatic carbocycles. The monoisotopic (exact) mass is 504 g/mol. The third-order valence-electron chi connectivity index (χ3n) is 8.25. The van der Waals surface area contributed by atoms with Crippen LogP contribution in [0.25, 0.3) is 22.2 Å². The predicted octanol–water partition coefficient (Wildman–Crippen LogP) is 3.39. The van der Waals surface area contributed by atoms with Gasteiger partial charge in [-0.25, -0.2) is 9.97 Å². The van der Waals surface area contributed by atoms with E-state index in [4.69, 9.17) is 20.9 Å². The quantitative estimate of drug-likeness (QED) is 0.482. The van der Waals surface area contributed by atoms with Gasteiger partial charge in [0.1, 0.15) is 30.1 Å². The first-order valence-corrected chi connectivity index (χ1v) is 13.3. The van der Waals surface area contributed by atoms with Gasteiger partial charge in [-0.3, -0.25) is 4.79 Å². The molecule has 37 heavy (non-hydrogen) atoms. The molecule has 196 valence electrons. The Labute approximate surface area is 217 Å².